The topological polar surface area (TPSA) is 51.1 Å². The highest BCUT2D eigenvalue weighted by molar-refractivity contribution is 9.10. The van der Waals surface area contributed by atoms with Crippen LogP contribution in [0, 0.1) is 6.92 Å². The summed E-state index contributed by atoms with van der Waals surface area (Å²) in [5.74, 6) is 0.782. The van der Waals surface area contributed by atoms with Crippen LogP contribution in [0.15, 0.2) is 65.4 Å². The molecule has 0 bridgehead atoms. The average molecular weight is 417 g/mol. The minimum atomic E-state index is 0.321. The van der Waals surface area contributed by atoms with Crippen molar-refractivity contribution in [3.05, 3.63) is 71.0 Å². The Hall–Kier alpha value is -2.38. The number of thiocarbonyl (C=S) groups is 1. The number of aromatic nitrogens is 2. The lowest BCUT2D eigenvalue weighted by molar-refractivity contribution is 0.221. The molecule has 0 atom stereocenters. The monoisotopic (exact) mass is 416 g/mol. The number of halogens is 1. The Labute approximate surface area is 160 Å². The van der Waals surface area contributed by atoms with Crippen molar-refractivity contribution in [3.63, 3.8) is 0 Å². The summed E-state index contributed by atoms with van der Waals surface area (Å²) in [6.45, 7) is 2.37. The number of ether oxygens (including phenoxy) is 1. The van der Waals surface area contributed by atoms with Gasteiger partial charge in [-0.15, -0.1) is 0 Å². The average Bonchev–Trinajstić information content (AvgIpc) is 3.04. The lowest BCUT2D eigenvalue weighted by atomic mass is 10.2. The number of rotatable bonds is 5. The van der Waals surface area contributed by atoms with E-state index in [4.69, 9.17) is 17.0 Å². The Bertz CT molecular complexity index is 846. The predicted molar refractivity (Wildman–Crippen MR) is 108 cm³/mol. The van der Waals surface area contributed by atoms with Crippen molar-refractivity contribution < 1.29 is 4.74 Å². The molecule has 3 aromatic rings. The summed E-state index contributed by atoms with van der Waals surface area (Å²) in [7, 11) is 0. The number of hydrogen-bond acceptors (Lipinski definition) is 3. The van der Waals surface area contributed by atoms with Crippen molar-refractivity contribution in [1.82, 2.24) is 9.78 Å². The SMILES string of the molecule is Cc1ccc(NC(=S)Nc2cnn(COc3ccc(Br)cc3)c2)cc1. The lowest BCUT2D eigenvalue weighted by Gasteiger charge is -2.09. The van der Waals surface area contributed by atoms with Gasteiger partial charge >= 0.3 is 0 Å². The molecule has 5 nitrogen and oxygen atoms in total. The van der Waals surface area contributed by atoms with Gasteiger partial charge in [-0.3, -0.25) is 0 Å². The molecule has 0 aliphatic carbocycles. The minimum absolute atomic E-state index is 0.321. The van der Waals surface area contributed by atoms with Gasteiger partial charge in [-0.05, 0) is 55.5 Å². The molecule has 1 heterocycles. The Kier molecular flexibility index (Phi) is 5.67. The van der Waals surface area contributed by atoms with E-state index in [2.05, 4.69) is 31.7 Å². The van der Waals surface area contributed by atoms with E-state index in [1.165, 1.54) is 5.56 Å². The van der Waals surface area contributed by atoms with E-state index in [9.17, 15) is 0 Å². The highest BCUT2D eigenvalue weighted by atomic mass is 79.9. The first kappa shape index (κ1) is 17.4. The number of aryl methyl sites for hydroxylation is 1. The third-order valence-corrected chi connectivity index (χ3v) is 4.11. The second-order valence-corrected chi connectivity index (χ2v) is 6.76. The number of benzene rings is 2. The summed E-state index contributed by atoms with van der Waals surface area (Å²) in [4.78, 5) is 0. The van der Waals surface area contributed by atoms with Crippen LogP contribution in [-0.2, 0) is 6.73 Å². The van der Waals surface area contributed by atoms with Gasteiger partial charge in [-0.25, -0.2) is 4.68 Å². The second-order valence-electron chi connectivity index (χ2n) is 5.44. The molecule has 0 amide bonds. The summed E-state index contributed by atoms with van der Waals surface area (Å²) >= 11 is 8.71. The van der Waals surface area contributed by atoms with Gasteiger partial charge in [0.2, 0.25) is 0 Å². The zero-order chi connectivity index (χ0) is 17.6. The number of hydrogen-bond donors (Lipinski definition) is 2. The molecule has 1 aromatic heterocycles. The fourth-order valence-electron chi connectivity index (χ4n) is 2.10. The quantitative estimate of drug-likeness (QED) is 0.585. The first-order chi connectivity index (χ1) is 12.1. The van der Waals surface area contributed by atoms with Gasteiger partial charge in [0.1, 0.15) is 5.75 Å². The van der Waals surface area contributed by atoms with Crippen molar-refractivity contribution in [3.8, 4) is 5.75 Å². The smallest absolute Gasteiger partial charge is 0.180 e. The van der Waals surface area contributed by atoms with Crippen LogP contribution in [-0.4, -0.2) is 14.9 Å². The standard InChI is InChI=1S/C18H17BrN4OS/c1-13-2-6-15(7-3-13)21-18(25)22-16-10-20-23(11-16)12-24-17-8-4-14(19)5-9-17/h2-11H,12H2,1H3,(H2,21,22,25). The molecule has 7 heteroatoms. The van der Waals surface area contributed by atoms with Crippen molar-refractivity contribution in [2.45, 2.75) is 13.7 Å². The molecule has 0 unspecified atom stereocenters. The maximum Gasteiger partial charge on any atom is 0.180 e. The lowest BCUT2D eigenvalue weighted by Crippen LogP contribution is -2.18. The molecule has 128 valence electrons. The van der Waals surface area contributed by atoms with Crippen LogP contribution >= 0.6 is 28.1 Å². The van der Waals surface area contributed by atoms with E-state index in [1.54, 1.807) is 10.9 Å². The third kappa shape index (κ3) is 5.30. The van der Waals surface area contributed by atoms with Gasteiger partial charge < -0.3 is 15.4 Å². The minimum Gasteiger partial charge on any atom is -0.471 e. The van der Waals surface area contributed by atoms with Crippen molar-refractivity contribution in [2.75, 3.05) is 10.6 Å². The summed E-state index contributed by atoms with van der Waals surface area (Å²) in [5.41, 5.74) is 2.94. The molecule has 2 N–H and O–H groups in total. The molecule has 0 saturated carbocycles. The fraction of sp³-hybridized carbons (Fsp3) is 0.111. The molecule has 0 aliphatic rings. The highest BCUT2D eigenvalue weighted by Crippen LogP contribution is 2.17. The van der Waals surface area contributed by atoms with Gasteiger partial charge in [-0.1, -0.05) is 33.6 Å². The van der Waals surface area contributed by atoms with Crippen LogP contribution in [0.4, 0.5) is 11.4 Å². The van der Waals surface area contributed by atoms with Crippen molar-refractivity contribution in [2.24, 2.45) is 0 Å². The molecule has 0 radical (unpaired) electrons. The molecule has 0 spiro atoms. The van der Waals surface area contributed by atoms with E-state index in [0.717, 1.165) is 21.6 Å². The van der Waals surface area contributed by atoms with Gasteiger partial charge in [0.05, 0.1) is 18.1 Å². The van der Waals surface area contributed by atoms with Gasteiger partial charge in [0.25, 0.3) is 0 Å². The first-order valence-corrected chi connectivity index (χ1v) is 8.84. The number of anilines is 2. The fourth-order valence-corrected chi connectivity index (χ4v) is 2.60. The molecule has 0 aliphatic heterocycles. The van der Waals surface area contributed by atoms with Crippen LogP contribution in [0.25, 0.3) is 0 Å². The van der Waals surface area contributed by atoms with Crippen LogP contribution in [0.2, 0.25) is 0 Å². The van der Waals surface area contributed by atoms with Gasteiger partial charge in [0.15, 0.2) is 11.8 Å². The maximum absolute atomic E-state index is 5.68. The molecule has 3 rings (SSSR count). The normalized spacial score (nSPS) is 10.3. The molecule has 0 fully saturated rings. The van der Waals surface area contributed by atoms with E-state index in [1.807, 2.05) is 61.7 Å². The van der Waals surface area contributed by atoms with E-state index in [-0.39, 0.29) is 0 Å². The maximum atomic E-state index is 5.68. The summed E-state index contributed by atoms with van der Waals surface area (Å²) < 4.78 is 8.38. The highest BCUT2D eigenvalue weighted by Gasteiger charge is 2.03. The largest absolute Gasteiger partial charge is 0.471 e. The van der Waals surface area contributed by atoms with Gasteiger partial charge in [0, 0.05) is 10.2 Å². The first-order valence-electron chi connectivity index (χ1n) is 7.64. The van der Waals surface area contributed by atoms with Crippen LogP contribution in [0.3, 0.4) is 0 Å². The van der Waals surface area contributed by atoms with E-state index < -0.39 is 0 Å². The Morgan fingerprint density at radius 1 is 1.08 bits per heavy atom. The Morgan fingerprint density at radius 3 is 2.48 bits per heavy atom. The molecule has 0 saturated heterocycles. The summed E-state index contributed by atoms with van der Waals surface area (Å²) in [6.07, 6.45) is 3.54. The van der Waals surface area contributed by atoms with Gasteiger partial charge in [-0.2, -0.15) is 5.10 Å². The Balaban J connectivity index is 1.51. The third-order valence-electron chi connectivity index (χ3n) is 3.38. The molecule has 25 heavy (non-hydrogen) atoms. The Morgan fingerprint density at radius 2 is 1.76 bits per heavy atom. The molecule has 2 aromatic carbocycles. The summed E-state index contributed by atoms with van der Waals surface area (Å²) in [6, 6.07) is 15.7. The van der Waals surface area contributed by atoms with E-state index >= 15 is 0 Å². The van der Waals surface area contributed by atoms with Crippen LogP contribution in [0.1, 0.15) is 5.56 Å². The number of nitrogens with zero attached hydrogens (tertiary/aromatic N) is 2. The molecular formula is C18H17BrN4OS. The zero-order valence-electron chi connectivity index (χ0n) is 13.6. The second kappa shape index (κ2) is 8.13. The van der Waals surface area contributed by atoms with Crippen molar-refractivity contribution >= 4 is 44.6 Å². The number of nitrogens with one attached hydrogen (secondary N) is 2. The predicted octanol–water partition coefficient (Wildman–Crippen LogP) is 4.80. The van der Waals surface area contributed by atoms with E-state index in [0.29, 0.717) is 11.8 Å². The molecular weight excluding hydrogens is 400 g/mol. The van der Waals surface area contributed by atoms with Crippen molar-refractivity contribution in [1.29, 1.82) is 0 Å². The zero-order valence-corrected chi connectivity index (χ0v) is 16.0. The summed E-state index contributed by atoms with van der Waals surface area (Å²) in [5, 5.41) is 11.0. The van der Waals surface area contributed by atoms with Crippen LogP contribution < -0.4 is 15.4 Å². The van der Waals surface area contributed by atoms with Crippen LogP contribution in [0.5, 0.6) is 5.75 Å².